The maximum atomic E-state index is 2.22. The molecule has 0 aromatic carbocycles. The van der Waals surface area contributed by atoms with Crippen molar-refractivity contribution in [2.75, 3.05) is 0 Å². The van der Waals surface area contributed by atoms with Gasteiger partial charge in [-0.05, 0) is 5.92 Å². The average molecular weight is 172 g/mol. The number of rotatable bonds is 1. The van der Waals surface area contributed by atoms with Crippen LogP contribution in [0.4, 0.5) is 0 Å². The summed E-state index contributed by atoms with van der Waals surface area (Å²) in [7, 11) is 0. The van der Waals surface area contributed by atoms with Crippen LogP contribution >= 0.6 is 0 Å². The van der Waals surface area contributed by atoms with Crippen molar-refractivity contribution in [3.05, 3.63) is 0 Å². The van der Waals surface area contributed by atoms with Crippen molar-refractivity contribution in [2.45, 2.75) is 73.1 Å². The Hall–Kier alpha value is 0. The highest BCUT2D eigenvalue weighted by Gasteiger charge is 1.95. The van der Waals surface area contributed by atoms with Gasteiger partial charge >= 0.3 is 0 Å². The SMILES string of the molecule is C.C1CCCCC1.CCC(C)C. The van der Waals surface area contributed by atoms with Crippen LogP contribution in [0.1, 0.15) is 73.1 Å². The Labute approximate surface area is 79.8 Å². The van der Waals surface area contributed by atoms with E-state index in [0.717, 1.165) is 5.92 Å². The highest BCUT2D eigenvalue weighted by Crippen LogP contribution is 2.15. The molecule has 1 fully saturated rings. The summed E-state index contributed by atoms with van der Waals surface area (Å²) >= 11 is 0. The zero-order valence-electron chi connectivity index (χ0n) is 8.53. The van der Waals surface area contributed by atoms with Gasteiger partial charge in [-0.3, -0.25) is 0 Å². The van der Waals surface area contributed by atoms with Crippen LogP contribution in [0.15, 0.2) is 0 Å². The second-order valence-corrected chi connectivity index (χ2v) is 3.92. The first-order valence-electron chi connectivity index (χ1n) is 5.27. The van der Waals surface area contributed by atoms with Crippen molar-refractivity contribution in [3.63, 3.8) is 0 Å². The maximum absolute atomic E-state index is 2.22. The molecule has 1 aliphatic carbocycles. The summed E-state index contributed by atoms with van der Waals surface area (Å²) in [5.74, 6) is 0.884. The molecule has 0 amide bonds. The lowest BCUT2D eigenvalue weighted by atomic mass is 10.0. The maximum Gasteiger partial charge on any atom is -0.0474 e. The summed E-state index contributed by atoms with van der Waals surface area (Å²) < 4.78 is 0. The molecule has 0 heterocycles. The molecule has 0 aromatic heterocycles. The second kappa shape index (κ2) is 11.0. The average Bonchev–Trinajstić information content (AvgIpc) is 2.09. The fourth-order valence-electron chi connectivity index (χ4n) is 1.06. The van der Waals surface area contributed by atoms with Crippen LogP contribution in [-0.4, -0.2) is 0 Å². The third kappa shape index (κ3) is 12.7. The van der Waals surface area contributed by atoms with Gasteiger partial charge in [0.25, 0.3) is 0 Å². The van der Waals surface area contributed by atoms with Crippen molar-refractivity contribution in [1.82, 2.24) is 0 Å². The van der Waals surface area contributed by atoms with Gasteiger partial charge in [-0.15, -0.1) is 0 Å². The van der Waals surface area contributed by atoms with E-state index in [4.69, 9.17) is 0 Å². The molecule has 0 N–H and O–H groups in total. The topological polar surface area (TPSA) is 0 Å². The molecule has 0 spiro atoms. The van der Waals surface area contributed by atoms with Crippen LogP contribution in [0.2, 0.25) is 0 Å². The quantitative estimate of drug-likeness (QED) is 0.520. The molecule has 0 radical (unpaired) electrons. The van der Waals surface area contributed by atoms with Gasteiger partial charge in [0.2, 0.25) is 0 Å². The van der Waals surface area contributed by atoms with Crippen LogP contribution in [0, 0.1) is 5.92 Å². The summed E-state index contributed by atoms with van der Waals surface area (Å²) in [5.41, 5.74) is 0. The van der Waals surface area contributed by atoms with E-state index >= 15 is 0 Å². The molecule has 1 aliphatic rings. The molecule has 0 heteroatoms. The third-order valence-corrected chi connectivity index (χ3v) is 2.32. The van der Waals surface area contributed by atoms with Crippen molar-refractivity contribution in [1.29, 1.82) is 0 Å². The number of hydrogen-bond acceptors (Lipinski definition) is 0. The predicted molar refractivity (Wildman–Crippen MR) is 59.6 cm³/mol. The molecule has 1 rings (SSSR count). The number of hydrogen-bond donors (Lipinski definition) is 0. The van der Waals surface area contributed by atoms with E-state index in [0.29, 0.717) is 0 Å². The van der Waals surface area contributed by atoms with E-state index in [1.54, 1.807) is 0 Å². The molecule has 0 aromatic rings. The molecule has 1 saturated carbocycles. The summed E-state index contributed by atoms with van der Waals surface area (Å²) in [5, 5.41) is 0. The summed E-state index contributed by atoms with van der Waals surface area (Å²) in [6.45, 7) is 6.64. The lowest BCUT2D eigenvalue weighted by Crippen LogP contribution is -1.85. The fourth-order valence-corrected chi connectivity index (χ4v) is 1.06. The fraction of sp³-hybridized carbons (Fsp3) is 1.00. The van der Waals surface area contributed by atoms with Gasteiger partial charge in [-0.1, -0.05) is 73.1 Å². The van der Waals surface area contributed by atoms with E-state index in [-0.39, 0.29) is 7.43 Å². The van der Waals surface area contributed by atoms with E-state index in [1.807, 2.05) is 0 Å². The Morgan fingerprint density at radius 1 is 0.833 bits per heavy atom. The lowest BCUT2D eigenvalue weighted by Gasteiger charge is -2.05. The van der Waals surface area contributed by atoms with Gasteiger partial charge in [0.15, 0.2) is 0 Å². The minimum absolute atomic E-state index is 0. The molecule has 0 bridgehead atoms. The van der Waals surface area contributed by atoms with Gasteiger partial charge in [0, 0.05) is 0 Å². The van der Waals surface area contributed by atoms with E-state index < -0.39 is 0 Å². The van der Waals surface area contributed by atoms with Crippen LogP contribution < -0.4 is 0 Å². The molecule has 0 atom stereocenters. The highest BCUT2D eigenvalue weighted by molar-refractivity contribution is 4.51. The van der Waals surface area contributed by atoms with Crippen molar-refractivity contribution >= 4 is 0 Å². The normalized spacial score (nSPS) is 16.0. The molecule has 0 saturated heterocycles. The summed E-state index contributed by atoms with van der Waals surface area (Å²) in [6, 6.07) is 0. The van der Waals surface area contributed by atoms with Crippen LogP contribution in [0.3, 0.4) is 0 Å². The highest BCUT2D eigenvalue weighted by atomic mass is 14.0. The van der Waals surface area contributed by atoms with Crippen molar-refractivity contribution in [2.24, 2.45) is 5.92 Å². The molecule has 0 nitrogen and oxygen atoms in total. The molecular weight excluding hydrogens is 144 g/mol. The van der Waals surface area contributed by atoms with Crippen LogP contribution in [0.25, 0.3) is 0 Å². The molecule has 12 heavy (non-hydrogen) atoms. The standard InChI is InChI=1S/C6H12.C5H12.CH4/c1-2-4-6-5-3-1;1-4-5(2)3;/h1-6H2;5H,4H2,1-3H3;1H4. The Balaban J connectivity index is 0. The molecule has 76 valence electrons. The monoisotopic (exact) mass is 172 g/mol. The Kier molecular flexibility index (Phi) is 13.3. The first-order chi connectivity index (χ1) is 5.27. The van der Waals surface area contributed by atoms with Crippen molar-refractivity contribution in [3.8, 4) is 0 Å². The summed E-state index contributed by atoms with van der Waals surface area (Å²) in [4.78, 5) is 0. The second-order valence-electron chi connectivity index (χ2n) is 3.92. The minimum atomic E-state index is 0. The minimum Gasteiger partial charge on any atom is -0.0776 e. The van der Waals surface area contributed by atoms with Gasteiger partial charge in [0.05, 0.1) is 0 Å². The molecular formula is C12H28. The van der Waals surface area contributed by atoms with Crippen molar-refractivity contribution < 1.29 is 0 Å². The Morgan fingerprint density at radius 2 is 1.00 bits per heavy atom. The smallest absolute Gasteiger partial charge is 0.0474 e. The van der Waals surface area contributed by atoms with Crippen LogP contribution in [0.5, 0.6) is 0 Å². The van der Waals surface area contributed by atoms with Gasteiger partial charge in [-0.25, -0.2) is 0 Å². The Morgan fingerprint density at radius 3 is 1.08 bits per heavy atom. The first-order valence-corrected chi connectivity index (χ1v) is 5.27. The van der Waals surface area contributed by atoms with E-state index in [1.165, 1.54) is 44.9 Å². The zero-order valence-corrected chi connectivity index (χ0v) is 8.53. The van der Waals surface area contributed by atoms with Gasteiger partial charge in [0.1, 0.15) is 0 Å². The van der Waals surface area contributed by atoms with Gasteiger partial charge in [-0.2, -0.15) is 0 Å². The zero-order chi connectivity index (χ0) is 8.53. The van der Waals surface area contributed by atoms with Gasteiger partial charge < -0.3 is 0 Å². The Bertz CT molecular complexity index is 48.9. The van der Waals surface area contributed by atoms with E-state index in [9.17, 15) is 0 Å². The first kappa shape index (κ1) is 14.5. The van der Waals surface area contributed by atoms with Crippen LogP contribution in [-0.2, 0) is 0 Å². The predicted octanol–water partition coefficient (Wildman–Crippen LogP) is 5.03. The largest absolute Gasteiger partial charge is 0.0776 e. The third-order valence-electron chi connectivity index (χ3n) is 2.32. The lowest BCUT2D eigenvalue weighted by molar-refractivity contribution is 0.504. The molecule has 0 aliphatic heterocycles. The van der Waals surface area contributed by atoms with E-state index in [2.05, 4.69) is 20.8 Å². The summed E-state index contributed by atoms with van der Waals surface area (Å²) in [6.07, 6.45) is 10.3. The molecule has 0 unspecified atom stereocenters.